The van der Waals surface area contributed by atoms with Crippen molar-refractivity contribution in [2.75, 3.05) is 18.8 Å². The maximum atomic E-state index is 13.1. The SMILES string of the molecule is CCNC(=O)CNC(=O)c1cc(F)c(N)c(F)c1. The molecule has 0 saturated heterocycles. The van der Waals surface area contributed by atoms with Gasteiger partial charge in [-0.25, -0.2) is 8.78 Å². The Balaban J connectivity index is 2.70. The van der Waals surface area contributed by atoms with Crippen molar-refractivity contribution in [3.63, 3.8) is 0 Å². The summed E-state index contributed by atoms with van der Waals surface area (Å²) >= 11 is 0. The third-order valence-electron chi connectivity index (χ3n) is 2.12. The Morgan fingerprint density at radius 3 is 2.28 bits per heavy atom. The van der Waals surface area contributed by atoms with Crippen LogP contribution in [0.5, 0.6) is 0 Å². The van der Waals surface area contributed by atoms with Crippen molar-refractivity contribution in [1.82, 2.24) is 10.6 Å². The number of hydrogen-bond acceptors (Lipinski definition) is 3. The number of rotatable bonds is 4. The number of nitrogens with two attached hydrogens (primary N) is 1. The van der Waals surface area contributed by atoms with Gasteiger partial charge in [-0.3, -0.25) is 9.59 Å². The molecule has 1 aromatic rings. The molecule has 1 rings (SSSR count). The molecule has 0 saturated carbocycles. The van der Waals surface area contributed by atoms with Gasteiger partial charge in [0.25, 0.3) is 5.91 Å². The molecule has 7 heteroatoms. The lowest BCUT2D eigenvalue weighted by Gasteiger charge is -2.06. The molecule has 18 heavy (non-hydrogen) atoms. The number of carbonyl (C=O) groups excluding carboxylic acids is 2. The summed E-state index contributed by atoms with van der Waals surface area (Å²) < 4.78 is 26.2. The Morgan fingerprint density at radius 1 is 1.22 bits per heavy atom. The topological polar surface area (TPSA) is 84.2 Å². The fourth-order valence-electron chi connectivity index (χ4n) is 1.24. The molecule has 0 aliphatic rings. The lowest BCUT2D eigenvalue weighted by Crippen LogP contribution is -2.36. The van der Waals surface area contributed by atoms with Crippen molar-refractivity contribution in [3.05, 3.63) is 29.3 Å². The maximum absolute atomic E-state index is 13.1. The normalized spacial score (nSPS) is 9.94. The molecule has 98 valence electrons. The predicted octanol–water partition coefficient (Wildman–Crippen LogP) is 0.413. The molecule has 2 amide bonds. The second-order valence-corrected chi connectivity index (χ2v) is 3.49. The molecule has 0 unspecified atom stereocenters. The summed E-state index contributed by atoms with van der Waals surface area (Å²) in [6, 6.07) is 1.62. The molecule has 4 N–H and O–H groups in total. The molecule has 0 bridgehead atoms. The van der Waals surface area contributed by atoms with E-state index in [-0.39, 0.29) is 18.0 Å². The Morgan fingerprint density at radius 2 is 1.78 bits per heavy atom. The number of likely N-dealkylation sites (N-methyl/N-ethyl adjacent to an activating group) is 1. The van der Waals surface area contributed by atoms with Gasteiger partial charge in [-0.15, -0.1) is 0 Å². The van der Waals surface area contributed by atoms with Crippen LogP contribution in [0.3, 0.4) is 0 Å². The van der Waals surface area contributed by atoms with Crippen LogP contribution in [0, 0.1) is 11.6 Å². The van der Waals surface area contributed by atoms with E-state index < -0.39 is 23.2 Å². The molecule has 0 fully saturated rings. The molecule has 0 aliphatic heterocycles. The average Bonchev–Trinajstić information content (AvgIpc) is 2.32. The smallest absolute Gasteiger partial charge is 0.251 e. The van der Waals surface area contributed by atoms with Gasteiger partial charge in [0.05, 0.1) is 6.54 Å². The summed E-state index contributed by atoms with van der Waals surface area (Å²) in [5.74, 6) is -3.17. The van der Waals surface area contributed by atoms with Crippen LogP contribution in [0.25, 0.3) is 0 Å². The Hall–Kier alpha value is -2.18. The first kappa shape index (κ1) is 13.9. The summed E-state index contributed by atoms with van der Waals surface area (Å²) in [7, 11) is 0. The summed E-state index contributed by atoms with van der Waals surface area (Å²) in [6.45, 7) is 1.89. The molecule has 1 aromatic carbocycles. The van der Waals surface area contributed by atoms with Gasteiger partial charge in [-0.1, -0.05) is 0 Å². The largest absolute Gasteiger partial charge is 0.394 e. The third kappa shape index (κ3) is 3.41. The summed E-state index contributed by atoms with van der Waals surface area (Å²) in [5.41, 5.74) is 4.19. The zero-order chi connectivity index (χ0) is 13.7. The van der Waals surface area contributed by atoms with E-state index in [1.54, 1.807) is 6.92 Å². The molecule has 0 radical (unpaired) electrons. The first-order valence-electron chi connectivity index (χ1n) is 5.25. The molecule has 0 aliphatic carbocycles. The Bertz CT molecular complexity index is 454. The van der Waals surface area contributed by atoms with Crippen LogP contribution in [0.2, 0.25) is 0 Å². The van der Waals surface area contributed by atoms with Gasteiger partial charge in [0.2, 0.25) is 5.91 Å². The lowest BCUT2D eigenvalue weighted by atomic mass is 10.1. The van der Waals surface area contributed by atoms with Gasteiger partial charge in [0, 0.05) is 12.1 Å². The number of benzene rings is 1. The van der Waals surface area contributed by atoms with Crippen molar-refractivity contribution in [1.29, 1.82) is 0 Å². The lowest BCUT2D eigenvalue weighted by molar-refractivity contribution is -0.120. The quantitative estimate of drug-likeness (QED) is 0.683. The van der Waals surface area contributed by atoms with E-state index in [1.165, 1.54) is 0 Å². The fourth-order valence-corrected chi connectivity index (χ4v) is 1.24. The highest BCUT2D eigenvalue weighted by Gasteiger charge is 2.13. The van der Waals surface area contributed by atoms with E-state index in [0.29, 0.717) is 6.54 Å². The van der Waals surface area contributed by atoms with Gasteiger partial charge in [0.15, 0.2) is 0 Å². The van der Waals surface area contributed by atoms with Crippen LogP contribution in [0.4, 0.5) is 14.5 Å². The number of halogens is 2. The van der Waals surface area contributed by atoms with Crippen LogP contribution >= 0.6 is 0 Å². The molecule has 5 nitrogen and oxygen atoms in total. The first-order chi connectivity index (χ1) is 8.45. The second-order valence-electron chi connectivity index (χ2n) is 3.49. The van der Waals surface area contributed by atoms with Crippen LogP contribution in [0.1, 0.15) is 17.3 Å². The molecule has 0 spiro atoms. The summed E-state index contributed by atoms with van der Waals surface area (Å²) in [6.07, 6.45) is 0. The van der Waals surface area contributed by atoms with Crippen molar-refractivity contribution >= 4 is 17.5 Å². The van der Waals surface area contributed by atoms with Gasteiger partial charge in [0.1, 0.15) is 17.3 Å². The number of nitrogen functional groups attached to an aromatic ring is 1. The third-order valence-corrected chi connectivity index (χ3v) is 2.12. The van der Waals surface area contributed by atoms with Crippen molar-refractivity contribution < 1.29 is 18.4 Å². The number of anilines is 1. The summed E-state index contributed by atoms with van der Waals surface area (Å²) in [5, 5.41) is 4.69. The Labute approximate surface area is 102 Å². The number of nitrogens with one attached hydrogen (secondary N) is 2. The van der Waals surface area contributed by atoms with Crippen LogP contribution in [-0.4, -0.2) is 24.9 Å². The number of hydrogen-bond donors (Lipinski definition) is 3. The standard InChI is InChI=1S/C11H13F2N3O2/c1-2-15-9(17)5-16-11(18)6-3-7(12)10(14)8(13)4-6/h3-4H,2,5,14H2,1H3,(H,15,17)(H,16,18). The van der Waals surface area contributed by atoms with E-state index >= 15 is 0 Å². The summed E-state index contributed by atoms with van der Waals surface area (Å²) in [4.78, 5) is 22.6. The minimum absolute atomic E-state index is 0.233. The zero-order valence-electron chi connectivity index (χ0n) is 9.72. The van der Waals surface area contributed by atoms with Crippen molar-refractivity contribution in [3.8, 4) is 0 Å². The fraction of sp³-hybridized carbons (Fsp3) is 0.273. The molecule has 0 heterocycles. The van der Waals surface area contributed by atoms with E-state index in [2.05, 4.69) is 10.6 Å². The van der Waals surface area contributed by atoms with Crippen molar-refractivity contribution in [2.24, 2.45) is 0 Å². The monoisotopic (exact) mass is 257 g/mol. The molecule has 0 aromatic heterocycles. The van der Waals surface area contributed by atoms with Crippen LogP contribution in [-0.2, 0) is 4.79 Å². The number of amides is 2. The minimum atomic E-state index is -1.02. The molecule has 0 atom stereocenters. The highest BCUT2D eigenvalue weighted by atomic mass is 19.1. The average molecular weight is 257 g/mol. The second kappa shape index (κ2) is 5.95. The zero-order valence-corrected chi connectivity index (χ0v) is 9.72. The van der Waals surface area contributed by atoms with E-state index in [9.17, 15) is 18.4 Å². The van der Waals surface area contributed by atoms with Gasteiger partial charge < -0.3 is 16.4 Å². The molecular weight excluding hydrogens is 244 g/mol. The van der Waals surface area contributed by atoms with Crippen LogP contribution < -0.4 is 16.4 Å². The first-order valence-corrected chi connectivity index (χ1v) is 5.25. The van der Waals surface area contributed by atoms with Gasteiger partial charge >= 0.3 is 0 Å². The van der Waals surface area contributed by atoms with E-state index in [4.69, 9.17) is 5.73 Å². The highest BCUT2D eigenvalue weighted by molar-refractivity contribution is 5.96. The highest BCUT2D eigenvalue weighted by Crippen LogP contribution is 2.16. The van der Waals surface area contributed by atoms with E-state index in [0.717, 1.165) is 12.1 Å². The van der Waals surface area contributed by atoms with Crippen LogP contribution in [0.15, 0.2) is 12.1 Å². The van der Waals surface area contributed by atoms with Gasteiger partial charge in [-0.05, 0) is 19.1 Å². The Kier molecular flexibility index (Phi) is 4.59. The predicted molar refractivity (Wildman–Crippen MR) is 61.8 cm³/mol. The number of carbonyl (C=O) groups is 2. The van der Waals surface area contributed by atoms with E-state index in [1.807, 2.05) is 0 Å². The van der Waals surface area contributed by atoms with Gasteiger partial charge in [-0.2, -0.15) is 0 Å². The minimum Gasteiger partial charge on any atom is -0.394 e. The molecular formula is C11H13F2N3O2. The van der Waals surface area contributed by atoms with Crippen molar-refractivity contribution in [2.45, 2.75) is 6.92 Å². The maximum Gasteiger partial charge on any atom is 0.251 e.